The smallest absolute Gasteiger partial charge is 0.358 e. The van der Waals surface area contributed by atoms with Gasteiger partial charge in [0.1, 0.15) is 0 Å². The lowest BCUT2D eigenvalue weighted by Gasteiger charge is -2.22. The maximum absolute atomic E-state index is 13.1. The quantitative estimate of drug-likeness (QED) is 0.725. The lowest BCUT2D eigenvalue weighted by Crippen LogP contribution is -2.29. The van der Waals surface area contributed by atoms with Crippen LogP contribution >= 0.6 is 0 Å². The van der Waals surface area contributed by atoms with Crippen LogP contribution in [0.1, 0.15) is 29.5 Å². The monoisotopic (exact) mass is 230 g/mol. The first-order valence-electron chi connectivity index (χ1n) is 5.13. The molecule has 88 valence electrons. The van der Waals surface area contributed by atoms with E-state index in [4.69, 9.17) is 4.74 Å². The predicted molar refractivity (Wildman–Crippen MR) is 51.5 cm³/mol. The minimum Gasteiger partial charge on any atom is -0.461 e. The number of rotatable bonds is 2. The number of ether oxygens (including phenoxy) is 1. The average Bonchev–Trinajstić information content (AvgIpc) is 2.59. The van der Waals surface area contributed by atoms with Gasteiger partial charge in [-0.1, -0.05) is 0 Å². The number of halogens is 2. The van der Waals surface area contributed by atoms with E-state index in [1.165, 1.54) is 10.7 Å². The molecule has 0 radical (unpaired) electrons. The molecule has 16 heavy (non-hydrogen) atoms. The molecule has 0 saturated heterocycles. The lowest BCUT2D eigenvalue weighted by atomic mass is 10.1. The maximum Gasteiger partial charge on any atom is 0.358 e. The molecule has 2 heterocycles. The van der Waals surface area contributed by atoms with Gasteiger partial charge in [0.15, 0.2) is 5.69 Å². The van der Waals surface area contributed by atoms with Crippen molar-refractivity contribution in [3.8, 4) is 0 Å². The van der Waals surface area contributed by atoms with Gasteiger partial charge in [-0.3, -0.25) is 4.68 Å². The molecule has 2 rings (SSSR count). The van der Waals surface area contributed by atoms with Crippen LogP contribution in [0.25, 0.3) is 0 Å². The fourth-order valence-electron chi connectivity index (χ4n) is 1.72. The van der Waals surface area contributed by atoms with Gasteiger partial charge in [-0.25, -0.2) is 13.6 Å². The van der Waals surface area contributed by atoms with Crippen LogP contribution in [0.15, 0.2) is 6.07 Å². The van der Waals surface area contributed by atoms with Gasteiger partial charge in [0.2, 0.25) is 0 Å². The van der Waals surface area contributed by atoms with Crippen molar-refractivity contribution in [2.45, 2.75) is 32.2 Å². The maximum atomic E-state index is 13.1. The van der Waals surface area contributed by atoms with Crippen LogP contribution in [0.5, 0.6) is 0 Å². The summed E-state index contributed by atoms with van der Waals surface area (Å²) in [5.41, 5.74) is 0.494. The van der Waals surface area contributed by atoms with E-state index in [9.17, 15) is 13.6 Å². The zero-order valence-electron chi connectivity index (χ0n) is 8.87. The highest BCUT2D eigenvalue weighted by atomic mass is 19.3. The van der Waals surface area contributed by atoms with E-state index in [2.05, 4.69) is 5.10 Å². The van der Waals surface area contributed by atoms with E-state index < -0.39 is 11.9 Å². The number of hydrogen-bond acceptors (Lipinski definition) is 3. The zero-order valence-corrected chi connectivity index (χ0v) is 8.87. The number of nitrogens with zero attached hydrogens (tertiary/aromatic N) is 2. The van der Waals surface area contributed by atoms with E-state index in [-0.39, 0.29) is 31.7 Å². The molecule has 4 nitrogen and oxygen atoms in total. The molecular weight excluding hydrogens is 218 g/mol. The van der Waals surface area contributed by atoms with E-state index in [1.807, 2.05) is 0 Å². The Labute approximate surface area is 91.2 Å². The van der Waals surface area contributed by atoms with Crippen LogP contribution in [0.2, 0.25) is 0 Å². The first kappa shape index (κ1) is 11.0. The van der Waals surface area contributed by atoms with Crippen LogP contribution in [0.3, 0.4) is 0 Å². The summed E-state index contributed by atoms with van der Waals surface area (Å²) >= 11 is 0. The standard InChI is InChI=1S/C10H12F2N2O2/c1-2-16-9(15)8-5-7-6-10(11,12)3-4-14(7)13-8/h5H,2-4,6H2,1H3. The highest BCUT2D eigenvalue weighted by Gasteiger charge is 2.35. The Hall–Kier alpha value is -1.46. The molecule has 0 saturated carbocycles. The molecule has 6 heteroatoms. The number of aromatic nitrogens is 2. The molecule has 1 aromatic heterocycles. The number of aryl methyl sites for hydroxylation is 1. The van der Waals surface area contributed by atoms with Crippen LogP contribution < -0.4 is 0 Å². The number of carbonyl (C=O) groups excluding carboxylic acids is 1. The number of fused-ring (bicyclic) bond motifs is 1. The molecule has 1 aliphatic rings. The molecule has 1 aromatic rings. The minimum atomic E-state index is -2.69. The molecule has 1 aliphatic heterocycles. The Bertz CT molecular complexity index is 415. The fraction of sp³-hybridized carbons (Fsp3) is 0.600. The molecule has 0 fully saturated rings. The van der Waals surface area contributed by atoms with Gasteiger partial charge in [-0.2, -0.15) is 5.10 Å². The van der Waals surface area contributed by atoms with Gasteiger partial charge in [0.05, 0.1) is 13.0 Å². The van der Waals surface area contributed by atoms with Crippen molar-refractivity contribution in [2.24, 2.45) is 0 Å². The van der Waals surface area contributed by atoms with Crippen LogP contribution in [0, 0.1) is 0 Å². The molecule has 0 bridgehead atoms. The Morgan fingerprint density at radius 1 is 1.69 bits per heavy atom. The molecule has 0 N–H and O–H groups in total. The van der Waals surface area contributed by atoms with Crippen molar-refractivity contribution in [1.29, 1.82) is 0 Å². The first-order chi connectivity index (χ1) is 7.52. The Morgan fingerprint density at radius 3 is 3.12 bits per heavy atom. The molecular formula is C10H12F2N2O2. The second-order valence-electron chi connectivity index (χ2n) is 3.75. The van der Waals surface area contributed by atoms with Crippen LogP contribution in [0.4, 0.5) is 8.78 Å². The number of hydrogen-bond donors (Lipinski definition) is 0. The van der Waals surface area contributed by atoms with Gasteiger partial charge < -0.3 is 4.74 Å². The molecule has 0 atom stereocenters. The van der Waals surface area contributed by atoms with Gasteiger partial charge in [-0.15, -0.1) is 0 Å². The number of carbonyl (C=O) groups is 1. The topological polar surface area (TPSA) is 44.1 Å². The van der Waals surface area contributed by atoms with Crippen LogP contribution in [-0.4, -0.2) is 28.3 Å². The summed E-state index contributed by atoms with van der Waals surface area (Å²) in [6.45, 7) is 2.07. The Balaban J connectivity index is 2.21. The number of esters is 1. The van der Waals surface area contributed by atoms with Crippen molar-refractivity contribution >= 4 is 5.97 Å². The summed E-state index contributed by atoms with van der Waals surface area (Å²) in [5, 5.41) is 3.94. The van der Waals surface area contributed by atoms with Crippen molar-refractivity contribution in [3.63, 3.8) is 0 Å². The van der Waals surface area contributed by atoms with E-state index in [0.29, 0.717) is 5.69 Å². The van der Waals surface area contributed by atoms with Crippen molar-refractivity contribution in [3.05, 3.63) is 17.5 Å². The predicted octanol–water partition coefficient (Wildman–Crippen LogP) is 1.64. The van der Waals surface area contributed by atoms with Gasteiger partial charge in [-0.05, 0) is 13.0 Å². The highest BCUT2D eigenvalue weighted by Crippen LogP contribution is 2.29. The summed E-state index contributed by atoms with van der Waals surface area (Å²) < 4.78 is 32.4. The third kappa shape index (κ3) is 2.05. The summed E-state index contributed by atoms with van der Waals surface area (Å²) in [6, 6.07) is 1.38. The second kappa shape index (κ2) is 3.84. The van der Waals surface area contributed by atoms with Crippen LogP contribution in [-0.2, 0) is 17.7 Å². The van der Waals surface area contributed by atoms with Crippen molar-refractivity contribution < 1.29 is 18.3 Å². The fourth-order valence-corrected chi connectivity index (χ4v) is 1.72. The van der Waals surface area contributed by atoms with Gasteiger partial charge in [0, 0.05) is 18.7 Å². The second-order valence-corrected chi connectivity index (χ2v) is 3.75. The molecule has 0 amide bonds. The summed E-state index contributed by atoms with van der Waals surface area (Å²) in [6.07, 6.45) is -0.594. The van der Waals surface area contributed by atoms with E-state index in [0.717, 1.165) is 0 Å². The largest absolute Gasteiger partial charge is 0.461 e. The summed E-state index contributed by atoms with van der Waals surface area (Å²) in [4.78, 5) is 11.3. The molecule has 0 aromatic carbocycles. The van der Waals surface area contributed by atoms with Gasteiger partial charge >= 0.3 is 5.97 Å². The third-order valence-electron chi connectivity index (χ3n) is 2.48. The van der Waals surface area contributed by atoms with E-state index >= 15 is 0 Å². The lowest BCUT2D eigenvalue weighted by molar-refractivity contribution is -0.0243. The normalized spacial score (nSPS) is 17.9. The molecule has 0 aliphatic carbocycles. The molecule has 0 unspecified atom stereocenters. The SMILES string of the molecule is CCOC(=O)c1cc2n(n1)CCC(F)(F)C2. The van der Waals surface area contributed by atoms with Crippen molar-refractivity contribution in [2.75, 3.05) is 6.61 Å². The Kier molecular flexibility index (Phi) is 2.65. The summed E-state index contributed by atoms with van der Waals surface area (Å²) in [5.74, 6) is -3.25. The minimum absolute atomic E-state index is 0.106. The number of alkyl halides is 2. The van der Waals surface area contributed by atoms with E-state index in [1.54, 1.807) is 6.92 Å². The summed E-state index contributed by atoms with van der Waals surface area (Å²) in [7, 11) is 0. The average molecular weight is 230 g/mol. The highest BCUT2D eigenvalue weighted by molar-refractivity contribution is 5.87. The zero-order chi connectivity index (χ0) is 11.8. The third-order valence-corrected chi connectivity index (χ3v) is 2.48. The molecule has 0 spiro atoms. The Morgan fingerprint density at radius 2 is 2.44 bits per heavy atom. The van der Waals surface area contributed by atoms with Gasteiger partial charge in [0.25, 0.3) is 5.92 Å². The first-order valence-corrected chi connectivity index (χ1v) is 5.13. The van der Waals surface area contributed by atoms with Crippen molar-refractivity contribution in [1.82, 2.24) is 9.78 Å².